The van der Waals surface area contributed by atoms with Gasteiger partial charge in [-0.05, 0) is 83.4 Å². The molecule has 2 aromatic rings. The molecule has 5 aliphatic rings. The summed E-state index contributed by atoms with van der Waals surface area (Å²) in [5.41, 5.74) is -2.64. The van der Waals surface area contributed by atoms with Crippen molar-refractivity contribution in [1.29, 1.82) is 0 Å². The van der Waals surface area contributed by atoms with Crippen molar-refractivity contribution in [3.8, 4) is 0 Å². The van der Waals surface area contributed by atoms with E-state index in [0.29, 0.717) is 24.0 Å². The number of carbonyl (C=O) groups is 5. The van der Waals surface area contributed by atoms with Crippen molar-refractivity contribution in [1.82, 2.24) is 25.2 Å². The van der Waals surface area contributed by atoms with Crippen molar-refractivity contribution in [2.45, 2.75) is 130 Å². The van der Waals surface area contributed by atoms with Gasteiger partial charge in [0.15, 0.2) is 9.84 Å². The zero-order valence-corrected chi connectivity index (χ0v) is 36.4. The number of halogens is 1. The van der Waals surface area contributed by atoms with Crippen LogP contribution in [0.3, 0.4) is 0 Å². The minimum absolute atomic E-state index is 0.0394. The van der Waals surface area contributed by atoms with Crippen LogP contribution in [0.25, 0.3) is 0 Å². The lowest BCUT2D eigenvalue weighted by molar-refractivity contribution is -0.387. The monoisotopic (exact) mass is 916 g/mol. The Bertz CT molecular complexity index is 2470. The van der Waals surface area contributed by atoms with E-state index in [1.807, 2.05) is 0 Å². The van der Waals surface area contributed by atoms with Crippen LogP contribution >= 0.6 is 0 Å². The molecule has 22 heteroatoms. The van der Waals surface area contributed by atoms with Gasteiger partial charge in [0.2, 0.25) is 21.8 Å². The van der Waals surface area contributed by atoms with Crippen molar-refractivity contribution in [3.63, 3.8) is 0 Å². The molecule has 5 amide bonds. The predicted octanol–water partition coefficient (Wildman–Crippen LogP) is 3.50. The molecule has 3 heterocycles. The average molecular weight is 917 g/mol. The normalized spacial score (nSPS) is 27.0. The number of benzene rings is 2. The zero-order valence-electron chi connectivity index (χ0n) is 34.8. The van der Waals surface area contributed by atoms with E-state index >= 15 is 0 Å². The molecule has 2 saturated carbocycles. The molecule has 2 aromatic carbocycles. The molecule has 2 unspecified atom stereocenters. The second-order valence-electron chi connectivity index (χ2n) is 17.6. The Labute approximate surface area is 363 Å². The molecule has 340 valence electrons. The van der Waals surface area contributed by atoms with Crippen molar-refractivity contribution < 1.29 is 59.6 Å². The molecule has 63 heavy (non-hydrogen) atoms. The van der Waals surface area contributed by atoms with E-state index in [1.54, 1.807) is 26.8 Å². The fourth-order valence-corrected chi connectivity index (χ4v) is 11.6. The van der Waals surface area contributed by atoms with E-state index < -0.39 is 117 Å². The summed E-state index contributed by atoms with van der Waals surface area (Å²) in [7, 11) is -8.58. The summed E-state index contributed by atoms with van der Waals surface area (Å²) >= 11 is 0. The van der Waals surface area contributed by atoms with Crippen molar-refractivity contribution >= 4 is 55.5 Å². The zero-order chi connectivity index (χ0) is 45.6. The highest BCUT2D eigenvalue weighted by Crippen LogP contribution is 2.46. The number of ether oxygens (including phenoxy) is 2. The number of hydrogen-bond donors (Lipinski definition) is 3. The average Bonchev–Trinajstić information content (AvgIpc) is 4.09. The first-order chi connectivity index (χ1) is 29.6. The number of amides is 5. The lowest BCUT2D eigenvalue weighted by Crippen LogP contribution is -2.58. The summed E-state index contributed by atoms with van der Waals surface area (Å²) in [6, 6.07) is 6.42. The molecule has 7 rings (SSSR count). The first-order valence-electron chi connectivity index (χ1n) is 20.6. The van der Waals surface area contributed by atoms with Crippen molar-refractivity contribution in [2.24, 2.45) is 5.92 Å². The lowest BCUT2D eigenvalue weighted by atomic mass is 10.0. The summed E-state index contributed by atoms with van der Waals surface area (Å²) < 4.78 is 82.3. The Kier molecular flexibility index (Phi) is 12.4. The molecule has 0 spiro atoms. The summed E-state index contributed by atoms with van der Waals surface area (Å²) in [5, 5.41) is 15.0. The number of fused-ring (bicyclic) bond motifs is 3. The van der Waals surface area contributed by atoms with E-state index in [9.17, 15) is 55.3 Å². The second kappa shape index (κ2) is 17.1. The minimum Gasteiger partial charge on any atom is -0.444 e. The number of hydrogen-bond acceptors (Lipinski definition) is 13. The topological polar surface area (TPSA) is 258 Å². The van der Waals surface area contributed by atoms with Gasteiger partial charge in [-0.25, -0.2) is 30.8 Å². The van der Waals surface area contributed by atoms with Gasteiger partial charge in [-0.3, -0.25) is 34.1 Å². The van der Waals surface area contributed by atoms with Gasteiger partial charge in [0.1, 0.15) is 40.0 Å². The van der Waals surface area contributed by atoms with Crippen LogP contribution in [0.5, 0.6) is 0 Å². The number of sulfone groups is 1. The van der Waals surface area contributed by atoms with Crippen molar-refractivity contribution in [2.75, 3.05) is 6.54 Å². The van der Waals surface area contributed by atoms with Gasteiger partial charge in [0, 0.05) is 30.5 Å². The molecule has 3 fully saturated rings. The Morgan fingerprint density at radius 3 is 2.40 bits per heavy atom. The molecule has 19 nitrogen and oxygen atoms in total. The second-order valence-corrected chi connectivity index (χ2v) is 21.8. The number of nitrogens with zero attached hydrogens (tertiary/aromatic N) is 3. The molecule has 0 bridgehead atoms. The van der Waals surface area contributed by atoms with Crippen LogP contribution in [0.15, 0.2) is 59.5 Å². The van der Waals surface area contributed by atoms with Gasteiger partial charge in [0.25, 0.3) is 11.6 Å². The quantitative estimate of drug-likeness (QED) is 0.195. The maximum atomic E-state index is 14.7. The molecule has 6 atom stereocenters. The third-order valence-corrected chi connectivity index (χ3v) is 15.9. The molecule has 2 aliphatic carbocycles. The number of alkyl carbamates (subject to hydrolysis) is 1. The molecule has 3 N–H and O–H groups in total. The standard InChI is InChI=1S/C41H49FN6O13S2/c1-40(2,3)61-38(52)43-31-14-8-12-27(62(56,57)34-16-5-4-15-32(34)48(54)55)11-7-10-25-20-41(25,37(51)45-63(58,59)28-17-18-28)44-35(49)33-19-26(22-47(33)36(31)50)60-39(53)46-21-24-9-6-13-30(42)29(24)23-46/h4-7,9-10,13,15-16,25-28,31,33H,8,11-12,14,17-23H2,1-3H3,(H,43,52)(H,44,49)(H,45,51)/b10-7-/t25-,26-,27?,31+,33?,41-/m1/s1. The van der Waals surface area contributed by atoms with Crippen molar-refractivity contribution in [3.05, 3.63) is 81.7 Å². The van der Waals surface area contributed by atoms with Crippen LogP contribution in [-0.4, -0.2) is 108 Å². The number of sulfonamides is 1. The molecular weight excluding hydrogens is 868 g/mol. The molecule has 1 saturated heterocycles. The highest BCUT2D eigenvalue weighted by atomic mass is 32.2. The highest BCUT2D eigenvalue weighted by molar-refractivity contribution is 7.92. The Morgan fingerprint density at radius 2 is 1.71 bits per heavy atom. The smallest absolute Gasteiger partial charge is 0.410 e. The number of nitro benzene ring substituents is 1. The van der Waals surface area contributed by atoms with Gasteiger partial charge >= 0.3 is 12.2 Å². The molecule has 3 aliphatic heterocycles. The van der Waals surface area contributed by atoms with E-state index in [2.05, 4.69) is 15.4 Å². The Morgan fingerprint density at radius 1 is 0.984 bits per heavy atom. The number of rotatable bonds is 8. The maximum absolute atomic E-state index is 14.7. The van der Waals surface area contributed by atoms with Gasteiger partial charge < -0.3 is 25.0 Å². The predicted molar refractivity (Wildman–Crippen MR) is 220 cm³/mol. The Hall–Kier alpha value is -5.64. The van der Waals surface area contributed by atoms with E-state index in [0.717, 1.165) is 17.0 Å². The van der Waals surface area contributed by atoms with Crippen LogP contribution in [0.2, 0.25) is 0 Å². The van der Waals surface area contributed by atoms with E-state index in [1.165, 1.54) is 41.3 Å². The molecular formula is C41H49FN6O13S2. The van der Waals surface area contributed by atoms with Crippen LogP contribution < -0.4 is 15.4 Å². The van der Waals surface area contributed by atoms with E-state index in [-0.39, 0.29) is 58.2 Å². The number of nitrogens with one attached hydrogen (secondary N) is 3. The molecule has 0 aromatic heterocycles. The first kappa shape index (κ1) is 45.4. The van der Waals surface area contributed by atoms with E-state index in [4.69, 9.17) is 9.47 Å². The maximum Gasteiger partial charge on any atom is 0.410 e. The summed E-state index contributed by atoms with van der Waals surface area (Å²) in [5.74, 6) is -4.14. The van der Waals surface area contributed by atoms with Gasteiger partial charge in [-0.1, -0.05) is 36.4 Å². The SMILES string of the molecule is CC(C)(C)OC(=O)N[C@H]1CCCC(S(=O)(=O)c2ccccc2[N+](=O)[O-])C/C=C\[C@@H]2C[C@@]2(C(=O)NS(=O)(=O)C2CC2)NC(=O)C2C[C@@H](OC(=O)N3Cc4cccc(F)c4C3)CN2C1=O. The van der Waals surface area contributed by atoms with Gasteiger partial charge in [-0.2, -0.15) is 0 Å². The third-order valence-electron chi connectivity index (χ3n) is 11.8. The summed E-state index contributed by atoms with van der Waals surface area (Å²) in [4.78, 5) is 82.7. The summed E-state index contributed by atoms with van der Waals surface area (Å²) in [6.07, 6.45) is -0.442. The third kappa shape index (κ3) is 9.80. The van der Waals surface area contributed by atoms with Crippen LogP contribution in [0.1, 0.15) is 83.3 Å². The minimum atomic E-state index is -4.46. The number of para-hydroxylation sites is 1. The van der Waals surface area contributed by atoms with Crippen LogP contribution in [0, 0.1) is 21.8 Å². The number of allylic oxidation sites excluding steroid dienone is 1. The fourth-order valence-electron chi connectivity index (χ4n) is 8.35. The van der Waals surface area contributed by atoms with Crippen LogP contribution in [-0.2, 0) is 56.8 Å². The largest absolute Gasteiger partial charge is 0.444 e. The molecule has 0 radical (unpaired) electrons. The number of nitro groups is 1. The van der Waals surface area contributed by atoms with Crippen LogP contribution in [0.4, 0.5) is 19.7 Å². The highest BCUT2D eigenvalue weighted by Gasteiger charge is 2.62. The first-order valence-corrected chi connectivity index (χ1v) is 23.7. The fraction of sp³-hybridized carbons (Fsp3) is 0.537. The Balaban J connectivity index is 1.22. The van der Waals surface area contributed by atoms with Gasteiger partial charge in [0.05, 0.1) is 28.5 Å². The number of carbonyl (C=O) groups excluding carboxylic acids is 5. The lowest BCUT2D eigenvalue weighted by Gasteiger charge is -2.30. The van der Waals surface area contributed by atoms with Gasteiger partial charge in [-0.15, -0.1) is 0 Å². The summed E-state index contributed by atoms with van der Waals surface area (Å²) in [6.45, 7) is 4.35.